The Bertz CT molecular complexity index is 1090. The second kappa shape index (κ2) is 8.67. The molecule has 10 nitrogen and oxygen atoms in total. The fourth-order valence-electron chi connectivity index (χ4n) is 3.26. The van der Waals surface area contributed by atoms with E-state index < -0.39 is 26.8 Å². The Kier molecular flexibility index (Phi) is 6.22. The molecule has 0 unspecified atom stereocenters. The number of amides is 1. The number of sulfonamides is 1. The number of rotatable bonds is 6. The van der Waals surface area contributed by atoms with Crippen molar-refractivity contribution in [3.63, 3.8) is 0 Å². The van der Waals surface area contributed by atoms with Crippen molar-refractivity contribution >= 4 is 33.1 Å². The fraction of sp³-hybridized carbons (Fsp3) is 0.316. The molecule has 2 heterocycles. The first-order chi connectivity index (χ1) is 14.2. The smallest absolute Gasteiger partial charge is 0.310 e. The van der Waals surface area contributed by atoms with Crippen LogP contribution >= 0.6 is 0 Å². The number of pyridine rings is 1. The molecule has 1 aliphatic heterocycles. The molecule has 1 aliphatic rings. The second-order valence-electron chi connectivity index (χ2n) is 6.90. The Hall–Kier alpha value is -3.18. The predicted octanol–water partition coefficient (Wildman–Crippen LogP) is 2.23. The summed E-state index contributed by atoms with van der Waals surface area (Å²) in [5.41, 5.74) is 0.0524. The van der Waals surface area contributed by atoms with Gasteiger partial charge >= 0.3 is 5.69 Å². The first-order valence-corrected chi connectivity index (χ1v) is 10.6. The van der Waals surface area contributed by atoms with Crippen molar-refractivity contribution < 1.29 is 22.9 Å². The molecule has 1 amide bonds. The summed E-state index contributed by atoms with van der Waals surface area (Å²) < 4.78 is 27.0. The molecular weight excluding hydrogens is 412 g/mol. The maximum Gasteiger partial charge on any atom is 0.310 e. The number of anilines is 1. The SMILES string of the molecule is CC(=O)c1cccc(S(=O)(=O)N2CCC(C(=O)Nc3ccncc3[N+](=O)[O-])CC2)c1. The van der Waals surface area contributed by atoms with E-state index in [9.17, 15) is 28.1 Å². The van der Waals surface area contributed by atoms with Crippen LogP contribution < -0.4 is 5.32 Å². The summed E-state index contributed by atoms with van der Waals surface area (Å²) in [5.74, 6) is -1.11. The number of nitro groups is 1. The average Bonchev–Trinajstić information content (AvgIpc) is 2.74. The zero-order valence-corrected chi connectivity index (χ0v) is 17.0. The highest BCUT2D eigenvalue weighted by Gasteiger charge is 2.33. The largest absolute Gasteiger partial charge is 0.320 e. The summed E-state index contributed by atoms with van der Waals surface area (Å²) in [6, 6.07) is 7.20. The van der Waals surface area contributed by atoms with Crippen molar-refractivity contribution in [2.24, 2.45) is 5.92 Å². The van der Waals surface area contributed by atoms with Crippen LogP contribution in [0.2, 0.25) is 0 Å². The minimum atomic E-state index is -3.79. The molecule has 30 heavy (non-hydrogen) atoms. The highest BCUT2D eigenvalue weighted by atomic mass is 32.2. The monoisotopic (exact) mass is 432 g/mol. The van der Waals surface area contributed by atoms with Crippen molar-refractivity contribution in [2.45, 2.75) is 24.7 Å². The number of piperidine rings is 1. The van der Waals surface area contributed by atoms with Gasteiger partial charge in [0.2, 0.25) is 15.9 Å². The normalized spacial score (nSPS) is 15.5. The van der Waals surface area contributed by atoms with Gasteiger partial charge in [-0.1, -0.05) is 12.1 Å². The lowest BCUT2D eigenvalue weighted by Crippen LogP contribution is -2.41. The van der Waals surface area contributed by atoms with E-state index in [1.165, 1.54) is 41.7 Å². The van der Waals surface area contributed by atoms with Gasteiger partial charge in [-0.2, -0.15) is 4.31 Å². The summed E-state index contributed by atoms with van der Waals surface area (Å²) >= 11 is 0. The zero-order chi connectivity index (χ0) is 21.9. The van der Waals surface area contributed by atoms with Gasteiger partial charge in [-0.05, 0) is 38.0 Å². The van der Waals surface area contributed by atoms with Crippen LogP contribution in [0.25, 0.3) is 0 Å². The van der Waals surface area contributed by atoms with Crippen molar-refractivity contribution in [3.8, 4) is 0 Å². The lowest BCUT2D eigenvalue weighted by atomic mass is 9.97. The van der Waals surface area contributed by atoms with Gasteiger partial charge in [0.05, 0.1) is 9.82 Å². The Labute approximate surface area is 173 Å². The van der Waals surface area contributed by atoms with E-state index in [1.807, 2.05) is 0 Å². The molecule has 1 fully saturated rings. The molecule has 0 saturated carbocycles. The second-order valence-corrected chi connectivity index (χ2v) is 8.84. The van der Waals surface area contributed by atoms with E-state index in [1.54, 1.807) is 6.07 Å². The van der Waals surface area contributed by atoms with Crippen molar-refractivity contribution in [1.82, 2.24) is 9.29 Å². The van der Waals surface area contributed by atoms with Gasteiger partial charge in [-0.3, -0.25) is 24.7 Å². The van der Waals surface area contributed by atoms with Crippen molar-refractivity contribution in [3.05, 3.63) is 58.4 Å². The number of benzene rings is 1. The van der Waals surface area contributed by atoms with Crippen LogP contribution in [0, 0.1) is 16.0 Å². The van der Waals surface area contributed by atoms with E-state index in [-0.39, 0.29) is 48.0 Å². The fourth-order valence-corrected chi connectivity index (χ4v) is 4.77. The molecular formula is C19H20N4O6S. The number of carbonyl (C=O) groups is 2. The first kappa shape index (κ1) is 21.5. The van der Waals surface area contributed by atoms with Crippen LogP contribution in [0.5, 0.6) is 0 Å². The molecule has 0 radical (unpaired) electrons. The topological polar surface area (TPSA) is 140 Å². The Balaban J connectivity index is 1.67. The van der Waals surface area contributed by atoms with Crippen LogP contribution in [0.1, 0.15) is 30.1 Å². The van der Waals surface area contributed by atoms with Gasteiger partial charge in [-0.15, -0.1) is 0 Å². The van der Waals surface area contributed by atoms with Crippen LogP contribution in [0.4, 0.5) is 11.4 Å². The third-order valence-electron chi connectivity index (χ3n) is 4.96. The summed E-state index contributed by atoms with van der Waals surface area (Å²) in [6.07, 6.45) is 2.94. The number of aromatic nitrogens is 1. The van der Waals surface area contributed by atoms with Gasteiger partial charge in [0.25, 0.3) is 0 Å². The van der Waals surface area contributed by atoms with Gasteiger partial charge < -0.3 is 5.32 Å². The summed E-state index contributed by atoms with van der Waals surface area (Å²) in [4.78, 5) is 38.2. The van der Waals surface area contributed by atoms with Gasteiger partial charge in [0.15, 0.2) is 5.78 Å². The average molecular weight is 432 g/mol. The van der Waals surface area contributed by atoms with Crippen LogP contribution in [0.3, 0.4) is 0 Å². The maximum absolute atomic E-state index is 12.9. The molecule has 0 bridgehead atoms. The highest BCUT2D eigenvalue weighted by Crippen LogP contribution is 2.27. The lowest BCUT2D eigenvalue weighted by Gasteiger charge is -2.30. The number of Topliss-reactive ketones (excluding diaryl/α,β-unsaturated/α-hetero) is 1. The summed E-state index contributed by atoms with van der Waals surface area (Å²) in [5, 5.41) is 13.6. The molecule has 11 heteroatoms. The number of nitrogens with zero attached hydrogens (tertiary/aromatic N) is 3. The van der Waals surface area contributed by atoms with Crippen molar-refractivity contribution in [2.75, 3.05) is 18.4 Å². The minimum Gasteiger partial charge on any atom is -0.320 e. The molecule has 0 spiro atoms. The molecule has 1 saturated heterocycles. The third kappa shape index (κ3) is 4.52. The molecule has 3 rings (SSSR count). The van der Waals surface area contributed by atoms with Gasteiger partial charge in [0, 0.05) is 30.8 Å². The molecule has 2 aromatic rings. The van der Waals surface area contributed by atoms with Crippen LogP contribution in [-0.4, -0.2) is 47.4 Å². The number of ketones is 1. The van der Waals surface area contributed by atoms with E-state index in [0.717, 1.165) is 6.20 Å². The Morgan fingerprint density at radius 1 is 1.23 bits per heavy atom. The summed E-state index contributed by atoms with van der Waals surface area (Å²) in [6.45, 7) is 1.62. The highest BCUT2D eigenvalue weighted by molar-refractivity contribution is 7.89. The predicted molar refractivity (Wildman–Crippen MR) is 107 cm³/mol. The molecule has 1 N–H and O–H groups in total. The lowest BCUT2D eigenvalue weighted by molar-refractivity contribution is -0.384. The Morgan fingerprint density at radius 2 is 1.93 bits per heavy atom. The Morgan fingerprint density at radius 3 is 2.57 bits per heavy atom. The molecule has 158 valence electrons. The van der Waals surface area contributed by atoms with E-state index in [0.29, 0.717) is 5.56 Å². The minimum absolute atomic E-state index is 0.0329. The van der Waals surface area contributed by atoms with Gasteiger partial charge in [0.1, 0.15) is 11.9 Å². The van der Waals surface area contributed by atoms with Crippen molar-refractivity contribution in [1.29, 1.82) is 0 Å². The van der Waals surface area contributed by atoms with E-state index in [2.05, 4.69) is 10.3 Å². The standard InChI is InChI=1S/C19H20N4O6S/c1-13(24)15-3-2-4-16(11-15)30(28,29)22-9-6-14(7-10-22)19(25)21-17-5-8-20-12-18(17)23(26)27/h2-5,8,11-12,14H,6-7,9-10H2,1H3,(H,20,21,25). The molecule has 0 aliphatic carbocycles. The molecule has 1 aromatic heterocycles. The molecule has 0 atom stereocenters. The number of hydrogen-bond acceptors (Lipinski definition) is 7. The maximum atomic E-state index is 12.9. The van der Waals surface area contributed by atoms with Crippen LogP contribution in [-0.2, 0) is 14.8 Å². The third-order valence-corrected chi connectivity index (χ3v) is 6.85. The van der Waals surface area contributed by atoms with Gasteiger partial charge in [-0.25, -0.2) is 8.42 Å². The summed E-state index contributed by atoms with van der Waals surface area (Å²) in [7, 11) is -3.79. The number of carbonyl (C=O) groups excluding carboxylic acids is 2. The van der Waals surface area contributed by atoms with E-state index >= 15 is 0 Å². The van der Waals surface area contributed by atoms with E-state index in [4.69, 9.17) is 0 Å². The van der Waals surface area contributed by atoms with Crippen LogP contribution in [0.15, 0.2) is 47.6 Å². The molecule has 1 aromatic carbocycles. The number of nitrogens with one attached hydrogen (secondary N) is 1. The zero-order valence-electron chi connectivity index (χ0n) is 16.1. The number of hydrogen-bond donors (Lipinski definition) is 1. The quantitative estimate of drug-likeness (QED) is 0.419. The first-order valence-electron chi connectivity index (χ1n) is 9.20.